The first-order chi connectivity index (χ1) is 8.21. The maximum atomic E-state index is 13.1. The zero-order valence-electron chi connectivity index (χ0n) is 8.67. The molecule has 1 aromatic carbocycles. The van der Waals surface area contributed by atoms with Crippen LogP contribution in [0.3, 0.4) is 0 Å². The average Bonchev–Trinajstić information content (AvgIpc) is 2.18. The Hall–Kier alpha value is -1.31. The van der Waals surface area contributed by atoms with Crippen molar-refractivity contribution in [1.29, 1.82) is 0 Å². The third-order valence-corrected chi connectivity index (χ3v) is 3.13. The third kappa shape index (κ3) is 3.86. The maximum Gasteiger partial charge on any atom is 0.403 e. The Bertz CT molecular complexity index is 446. The molecule has 2 nitrogen and oxygen atoms in total. The molecule has 0 radical (unpaired) electrons. The highest BCUT2D eigenvalue weighted by molar-refractivity contribution is 7.99. The van der Waals surface area contributed by atoms with Crippen molar-refractivity contribution in [1.82, 2.24) is 0 Å². The highest BCUT2D eigenvalue weighted by Crippen LogP contribution is 2.32. The lowest BCUT2D eigenvalue weighted by Gasteiger charge is -2.15. The summed E-state index contributed by atoms with van der Waals surface area (Å²) < 4.78 is 62.5. The van der Waals surface area contributed by atoms with Gasteiger partial charge in [0.15, 0.2) is 5.92 Å². The Morgan fingerprint density at radius 2 is 1.94 bits per heavy atom. The summed E-state index contributed by atoms with van der Waals surface area (Å²) in [5.41, 5.74) is 0. The lowest BCUT2D eigenvalue weighted by Crippen LogP contribution is -2.32. The van der Waals surface area contributed by atoms with Crippen LogP contribution in [0.2, 0.25) is 0 Å². The van der Waals surface area contributed by atoms with E-state index in [1.807, 2.05) is 0 Å². The highest BCUT2D eigenvalue weighted by atomic mass is 32.2. The topological polar surface area (TPSA) is 37.3 Å². The van der Waals surface area contributed by atoms with E-state index in [4.69, 9.17) is 5.11 Å². The van der Waals surface area contributed by atoms with E-state index < -0.39 is 35.5 Å². The molecule has 0 saturated heterocycles. The monoisotopic (exact) mass is 286 g/mol. The zero-order chi connectivity index (χ0) is 13.9. The highest BCUT2D eigenvalue weighted by Gasteiger charge is 2.45. The second-order valence-corrected chi connectivity index (χ2v) is 4.38. The average molecular weight is 286 g/mol. The Morgan fingerprint density at radius 1 is 1.33 bits per heavy atom. The Morgan fingerprint density at radius 3 is 2.39 bits per heavy atom. The SMILES string of the molecule is O=C(O)C(CSc1ccc(F)cc1F)C(F)(F)F. The van der Waals surface area contributed by atoms with Gasteiger partial charge in [0, 0.05) is 16.7 Å². The number of hydrogen-bond acceptors (Lipinski definition) is 2. The zero-order valence-corrected chi connectivity index (χ0v) is 9.49. The number of thioether (sulfide) groups is 1. The first-order valence-corrected chi connectivity index (χ1v) is 5.57. The second kappa shape index (κ2) is 5.55. The predicted molar refractivity (Wildman–Crippen MR) is 54.3 cm³/mol. The Labute approximate surface area is 103 Å². The van der Waals surface area contributed by atoms with Crippen LogP contribution in [0.15, 0.2) is 23.1 Å². The number of carboxylic acids is 1. The van der Waals surface area contributed by atoms with Crippen molar-refractivity contribution in [3.63, 3.8) is 0 Å². The number of carbonyl (C=O) groups is 1. The van der Waals surface area contributed by atoms with Crippen LogP contribution in [-0.2, 0) is 4.79 Å². The molecular formula is C10H7F5O2S. The molecule has 0 heterocycles. The van der Waals surface area contributed by atoms with Crippen molar-refractivity contribution < 1.29 is 31.9 Å². The van der Waals surface area contributed by atoms with Crippen molar-refractivity contribution in [3.8, 4) is 0 Å². The van der Waals surface area contributed by atoms with Crippen LogP contribution in [0.1, 0.15) is 0 Å². The number of aliphatic carboxylic acids is 1. The van der Waals surface area contributed by atoms with Gasteiger partial charge in [-0.3, -0.25) is 4.79 Å². The van der Waals surface area contributed by atoms with Crippen molar-refractivity contribution in [3.05, 3.63) is 29.8 Å². The smallest absolute Gasteiger partial charge is 0.403 e. The summed E-state index contributed by atoms with van der Waals surface area (Å²) in [5.74, 6) is -7.38. The molecule has 1 N–H and O–H groups in total. The molecule has 0 amide bonds. The number of rotatable bonds is 4. The lowest BCUT2D eigenvalue weighted by molar-refractivity contribution is -0.188. The van der Waals surface area contributed by atoms with E-state index in [9.17, 15) is 26.7 Å². The van der Waals surface area contributed by atoms with Gasteiger partial charge in [-0.05, 0) is 12.1 Å². The van der Waals surface area contributed by atoms with E-state index in [1.165, 1.54) is 0 Å². The molecular weight excluding hydrogens is 279 g/mol. The first-order valence-electron chi connectivity index (χ1n) is 4.59. The molecule has 0 spiro atoms. The van der Waals surface area contributed by atoms with Crippen LogP contribution in [0.5, 0.6) is 0 Å². The molecule has 0 aliphatic carbocycles. The summed E-state index contributed by atoms with van der Waals surface area (Å²) in [5, 5.41) is 8.41. The predicted octanol–water partition coefficient (Wildman–Crippen LogP) is 3.32. The fourth-order valence-electron chi connectivity index (χ4n) is 1.07. The third-order valence-electron chi connectivity index (χ3n) is 1.99. The van der Waals surface area contributed by atoms with Gasteiger partial charge in [0.05, 0.1) is 0 Å². The Kier molecular flexibility index (Phi) is 4.55. The molecule has 0 bridgehead atoms. The molecule has 8 heteroatoms. The van der Waals surface area contributed by atoms with Gasteiger partial charge in [-0.25, -0.2) is 8.78 Å². The van der Waals surface area contributed by atoms with Crippen LogP contribution in [0.25, 0.3) is 0 Å². The summed E-state index contributed by atoms with van der Waals surface area (Å²) in [4.78, 5) is 10.2. The van der Waals surface area contributed by atoms with Gasteiger partial charge < -0.3 is 5.11 Å². The second-order valence-electron chi connectivity index (χ2n) is 3.32. The van der Waals surface area contributed by atoms with E-state index in [0.717, 1.165) is 12.1 Å². The van der Waals surface area contributed by atoms with Gasteiger partial charge in [0.1, 0.15) is 11.6 Å². The quantitative estimate of drug-likeness (QED) is 0.681. The molecule has 1 aromatic rings. The van der Waals surface area contributed by atoms with E-state index in [2.05, 4.69) is 0 Å². The molecule has 0 fully saturated rings. The van der Waals surface area contributed by atoms with Crippen LogP contribution >= 0.6 is 11.8 Å². The van der Waals surface area contributed by atoms with Crippen LogP contribution in [-0.4, -0.2) is 23.0 Å². The lowest BCUT2D eigenvalue weighted by atomic mass is 10.2. The first kappa shape index (κ1) is 14.7. The molecule has 1 rings (SSSR count). The summed E-state index contributed by atoms with van der Waals surface area (Å²) in [6, 6.07) is 2.37. The van der Waals surface area contributed by atoms with Crippen LogP contribution < -0.4 is 0 Å². The number of halogens is 5. The minimum atomic E-state index is -4.91. The van der Waals surface area contributed by atoms with E-state index in [0.29, 0.717) is 17.8 Å². The summed E-state index contributed by atoms with van der Waals surface area (Å²) in [6.45, 7) is 0. The molecule has 18 heavy (non-hydrogen) atoms. The van der Waals surface area contributed by atoms with E-state index in [-0.39, 0.29) is 4.90 Å². The standard InChI is InChI=1S/C10H7F5O2S/c11-5-1-2-8(7(12)3-5)18-4-6(9(16)17)10(13,14)15/h1-3,6H,4H2,(H,16,17). The molecule has 0 aliphatic rings. The van der Waals surface area contributed by atoms with Gasteiger partial charge in [-0.1, -0.05) is 0 Å². The molecule has 0 saturated carbocycles. The van der Waals surface area contributed by atoms with Gasteiger partial charge in [-0.15, -0.1) is 11.8 Å². The van der Waals surface area contributed by atoms with Crippen molar-refractivity contribution in [2.45, 2.75) is 11.1 Å². The van der Waals surface area contributed by atoms with Crippen LogP contribution in [0.4, 0.5) is 22.0 Å². The van der Waals surface area contributed by atoms with Gasteiger partial charge in [0.25, 0.3) is 0 Å². The fraction of sp³-hybridized carbons (Fsp3) is 0.300. The van der Waals surface area contributed by atoms with Gasteiger partial charge in [-0.2, -0.15) is 13.2 Å². The number of alkyl halides is 3. The molecule has 1 unspecified atom stereocenters. The van der Waals surface area contributed by atoms with E-state index >= 15 is 0 Å². The van der Waals surface area contributed by atoms with Gasteiger partial charge in [0.2, 0.25) is 0 Å². The molecule has 1 atom stereocenters. The fourth-order valence-corrected chi connectivity index (χ4v) is 2.11. The molecule has 100 valence electrons. The maximum absolute atomic E-state index is 13.1. The Balaban J connectivity index is 2.77. The van der Waals surface area contributed by atoms with Crippen LogP contribution in [0, 0.1) is 17.6 Å². The number of hydrogen-bond donors (Lipinski definition) is 1. The summed E-state index contributed by atoms with van der Waals surface area (Å²) in [6.07, 6.45) is -4.91. The van der Waals surface area contributed by atoms with Crippen molar-refractivity contribution >= 4 is 17.7 Å². The van der Waals surface area contributed by atoms with Crippen molar-refractivity contribution in [2.75, 3.05) is 5.75 Å². The normalized spacial score (nSPS) is 13.4. The van der Waals surface area contributed by atoms with E-state index in [1.54, 1.807) is 0 Å². The molecule has 0 aromatic heterocycles. The minimum Gasteiger partial charge on any atom is -0.481 e. The number of benzene rings is 1. The number of carboxylic acid groups (broad SMARTS) is 1. The van der Waals surface area contributed by atoms with Crippen molar-refractivity contribution in [2.24, 2.45) is 5.92 Å². The summed E-state index contributed by atoms with van der Waals surface area (Å²) >= 11 is 0.377. The largest absolute Gasteiger partial charge is 0.481 e. The summed E-state index contributed by atoms with van der Waals surface area (Å²) in [7, 11) is 0. The minimum absolute atomic E-state index is 0.230. The molecule has 0 aliphatic heterocycles. The van der Waals surface area contributed by atoms with Gasteiger partial charge >= 0.3 is 12.1 Å².